The van der Waals surface area contributed by atoms with Crippen LogP contribution in [0.2, 0.25) is 0 Å². The fraction of sp³-hybridized carbons (Fsp3) is 0.182. The van der Waals surface area contributed by atoms with Gasteiger partial charge in [0, 0.05) is 10.1 Å². The van der Waals surface area contributed by atoms with Crippen LogP contribution in [-0.4, -0.2) is 35.4 Å². The number of aromatic nitrogens is 2. The summed E-state index contributed by atoms with van der Waals surface area (Å²) in [5, 5.41) is 3.47. The summed E-state index contributed by atoms with van der Waals surface area (Å²) in [5.41, 5.74) is 14.6. The Morgan fingerprint density at radius 1 is 1.29 bits per heavy atom. The lowest BCUT2D eigenvalue weighted by atomic mass is 9.96. The molecule has 0 spiro atoms. The van der Waals surface area contributed by atoms with E-state index < -0.39 is 11.8 Å². The Kier molecular flexibility index (Phi) is 6.36. The lowest BCUT2D eigenvalue weighted by Crippen LogP contribution is -2.34. The number of fused-ring (bicyclic) bond motifs is 3. The molecule has 3 rings (SSSR count). The van der Waals surface area contributed by atoms with Crippen LogP contribution in [0.5, 0.6) is 0 Å². The Morgan fingerprint density at radius 3 is 2.68 bits per heavy atom. The molecule has 0 atom stereocenters. The van der Waals surface area contributed by atoms with Gasteiger partial charge < -0.3 is 21.5 Å². The zero-order valence-corrected chi connectivity index (χ0v) is 18.3. The maximum atomic E-state index is 12.6. The van der Waals surface area contributed by atoms with Crippen LogP contribution in [0.1, 0.15) is 19.4 Å². The minimum atomic E-state index is -0.635. The number of amides is 2. The number of carbonyl (C=O) groups is 2. The van der Waals surface area contributed by atoms with Crippen LogP contribution in [0, 0.1) is 0 Å². The van der Waals surface area contributed by atoms with Gasteiger partial charge in [0.25, 0.3) is 5.91 Å². The van der Waals surface area contributed by atoms with Gasteiger partial charge in [-0.05, 0) is 37.1 Å². The number of nitrogens with zero attached hydrogens (tertiary/aromatic N) is 2. The molecule has 0 radical (unpaired) electrons. The summed E-state index contributed by atoms with van der Waals surface area (Å²) in [6.45, 7) is 7.31. The van der Waals surface area contributed by atoms with Crippen molar-refractivity contribution in [3.8, 4) is 0 Å². The van der Waals surface area contributed by atoms with E-state index in [2.05, 4.69) is 21.9 Å². The fourth-order valence-corrected chi connectivity index (χ4v) is 4.15. The van der Waals surface area contributed by atoms with Crippen LogP contribution in [0.25, 0.3) is 25.9 Å². The van der Waals surface area contributed by atoms with Crippen molar-refractivity contribution < 1.29 is 14.3 Å². The maximum absolute atomic E-state index is 12.6. The number of hydrogen-bond donors (Lipinski definition) is 3. The quantitative estimate of drug-likeness (QED) is 0.296. The molecule has 1 aromatic carbocycles. The topological polar surface area (TPSA) is 133 Å². The van der Waals surface area contributed by atoms with Gasteiger partial charge in [-0.1, -0.05) is 24.3 Å². The average molecular weight is 438 g/mol. The molecule has 31 heavy (non-hydrogen) atoms. The Bertz CT molecular complexity index is 1270. The number of nitrogens with one attached hydrogen (secondary N) is 1. The minimum Gasteiger partial charge on any atom is -0.501 e. The zero-order valence-electron chi connectivity index (χ0n) is 17.5. The van der Waals surface area contributed by atoms with Crippen molar-refractivity contribution in [3.63, 3.8) is 0 Å². The lowest BCUT2D eigenvalue weighted by molar-refractivity contribution is -0.122. The van der Waals surface area contributed by atoms with E-state index in [9.17, 15) is 9.59 Å². The van der Waals surface area contributed by atoms with E-state index in [4.69, 9.17) is 16.2 Å². The predicted octanol–water partition coefficient (Wildman–Crippen LogP) is 2.91. The summed E-state index contributed by atoms with van der Waals surface area (Å²) in [7, 11) is 1.47. The molecule has 2 heterocycles. The molecule has 5 N–H and O–H groups in total. The van der Waals surface area contributed by atoms with E-state index in [-0.39, 0.29) is 12.1 Å². The third kappa shape index (κ3) is 4.56. The van der Waals surface area contributed by atoms with Crippen LogP contribution in [0.15, 0.2) is 54.1 Å². The molecule has 2 amide bonds. The Hall–Kier alpha value is -3.72. The molecule has 0 aliphatic rings. The zero-order chi connectivity index (χ0) is 22.7. The molecule has 2 aromatic heterocycles. The van der Waals surface area contributed by atoms with Gasteiger partial charge in [-0.25, -0.2) is 9.97 Å². The molecule has 0 aliphatic heterocycles. The second-order valence-electron chi connectivity index (χ2n) is 6.91. The summed E-state index contributed by atoms with van der Waals surface area (Å²) >= 11 is 1.50. The van der Waals surface area contributed by atoms with Gasteiger partial charge in [-0.3, -0.25) is 9.59 Å². The van der Waals surface area contributed by atoms with Gasteiger partial charge in [-0.15, -0.1) is 11.3 Å². The lowest BCUT2D eigenvalue weighted by Gasteiger charge is -2.12. The monoisotopic (exact) mass is 437 g/mol. The van der Waals surface area contributed by atoms with Crippen LogP contribution in [0.3, 0.4) is 0 Å². The van der Waals surface area contributed by atoms with E-state index in [1.165, 1.54) is 24.8 Å². The van der Waals surface area contributed by atoms with Gasteiger partial charge in [0.1, 0.15) is 17.9 Å². The van der Waals surface area contributed by atoms with Crippen molar-refractivity contribution in [3.05, 3.63) is 59.7 Å². The van der Waals surface area contributed by atoms with Crippen molar-refractivity contribution in [2.75, 3.05) is 19.4 Å². The fourth-order valence-electron chi connectivity index (χ4n) is 3.06. The van der Waals surface area contributed by atoms with E-state index in [0.29, 0.717) is 11.6 Å². The first-order valence-corrected chi connectivity index (χ1v) is 10.2. The Balaban J connectivity index is 2.12. The minimum absolute atomic E-state index is 0.272. The number of methoxy groups -OCH3 is 1. The number of thiophene rings is 1. The molecule has 0 fully saturated rings. The molecular formula is C22H23N5O3S. The van der Waals surface area contributed by atoms with E-state index in [1.807, 2.05) is 25.1 Å². The SMILES string of the molecule is C=C(C)C(=CC(C(=O)NCC(N)=O)=C(C)OC)c1ccc2c(c1)sc1c(N)ncnc12. The number of nitrogen functional groups attached to an aromatic ring is 1. The van der Waals surface area contributed by atoms with Crippen LogP contribution >= 0.6 is 11.3 Å². The second-order valence-corrected chi connectivity index (χ2v) is 7.96. The molecule has 8 nitrogen and oxygen atoms in total. The molecule has 3 aromatic rings. The molecular weight excluding hydrogens is 414 g/mol. The summed E-state index contributed by atoms with van der Waals surface area (Å²) in [5.74, 6) is -0.269. The average Bonchev–Trinajstić information content (AvgIpc) is 3.11. The number of primary amides is 1. The first-order chi connectivity index (χ1) is 14.7. The number of allylic oxidation sites excluding steroid dienone is 3. The van der Waals surface area contributed by atoms with Crippen molar-refractivity contribution in [1.29, 1.82) is 0 Å². The highest BCUT2D eigenvalue weighted by Crippen LogP contribution is 2.37. The highest BCUT2D eigenvalue weighted by molar-refractivity contribution is 7.26. The van der Waals surface area contributed by atoms with Gasteiger partial charge in [0.05, 0.1) is 29.4 Å². The van der Waals surface area contributed by atoms with Crippen molar-refractivity contribution in [2.24, 2.45) is 5.73 Å². The van der Waals surface area contributed by atoms with Gasteiger partial charge in [0.15, 0.2) is 0 Å². The van der Waals surface area contributed by atoms with Gasteiger partial charge >= 0.3 is 0 Å². The highest BCUT2D eigenvalue weighted by atomic mass is 32.1. The van der Waals surface area contributed by atoms with Gasteiger partial charge in [-0.2, -0.15) is 0 Å². The number of nitrogens with two attached hydrogens (primary N) is 2. The summed E-state index contributed by atoms with van der Waals surface area (Å²) < 4.78 is 7.10. The number of rotatable bonds is 7. The van der Waals surface area contributed by atoms with Crippen molar-refractivity contribution >= 4 is 54.8 Å². The predicted molar refractivity (Wildman–Crippen MR) is 124 cm³/mol. The maximum Gasteiger partial charge on any atom is 0.255 e. The first-order valence-electron chi connectivity index (χ1n) is 9.35. The number of hydrogen-bond acceptors (Lipinski definition) is 7. The largest absolute Gasteiger partial charge is 0.501 e. The summed E-state index contributed by atoms with van der Waals surface area (Å²) in [6.07, 6.45) is 3.15. The molecule has 0 unspecified atom stereocenters. The highest BCUT2D eigenvalue weighted by Gasteiger charge is 2.16. The van der Waals surface area contributed by atoms with Gasteiger partial charge in [0.2, 0.25) is 5.91 Å². The standard InChI is InChI=1S/C22H23N5O3S/c1-11(2)15(8-16(12(3)30-4)22(29)25-9-18(23)28)13-5-6-14-17(7-13)31-20-19(14)26-10-27-21(20)24/h5-8,10H,1,9H2,2-4H3,(H2,23,28)(H,25,29)(H2,24,26,27). The number of ether oxygens (including phenoxy) is 1. The molecule has 0 saturated carbocycles. The normalized spacial score (nSPS) is 12.5. The van der Waals surface area contributed by atoms with Crippen molar-refractivity contribution in [2.45, 2.75) is 13.8 Å². The summed E-state index contributed by atoms with van der Waals surface area (Å²) in [6, 6.07) is 5.91. The molecule has 0 aliphatic carbocycles. The molecule has 9 heteroatoms. The van der Waals surface area contributed by atoms with Crippen LogP contribution < -0.4 is 16.8 Å². The second kappa shape index (κ2) is 8.97. The van der Waals surface area contributed by atoms with Crippen LogP contribution in [-0.2, 0) is 14.3 Å². The first kappa shape index (κ1) is 22.0. The van der Waals surface area contributed by atoms with E-state index in [0.717, 1.165) is 37.0 Å². The van der Waals surface area contributed by atoms with Crippen LogP contribution in [0.4, 0.5) is 5.82 Å². The van der Waals surface area contributed by atoms with Crippen molar-refractivity contribution in [1.82, 2.24) is 15.3 Å². The third-order valence-electron chi connectivity index (χ3n) is 4.69. The Labute approximate surface area is 183 Å². The number of carbonyl (C=O) groups excluding carboxylic acids is 2. The van der Waals surface area contributed by atoms with E-state index >= 15 is 0 Å². The number of anilines is 1. The smallest absolute Gasteiger partial charge is 0.255 e. The van der Waals surface area contributed by atoms with E-state index in [1.54, 1.807) is 13.0 Å². The molecule has 160 valence electrons. The Morgan fingerprint density at radius 2 is 2.03 bits per heavy atom. The third-order valence-corrected chi connectivity index (χ3v) is 5.86. The molecule has 0 saturated heterocycles. The summed E-state index contributed by atoms with van der Waals surface area (Å²) in [4.78, 5) is 32.1. The molecule has 0 bridgehead atoms. The number of benzene rings is 1.